The number of unbranched alkanes of at least 4 members (excludes halogenated alkanes) is 5. The molecular weight excluding hydrogens is 558 g/mol. The van der Waals surface area contributed by atoms with Crippen molar-refractivity contribution < 1.29 is 19.1 Å². The Hall–Kier alpha value is -3.26. The molecule has 0 aliphatic carbocycles. The number of amides is 3. The van der Waals surface area contributed by atoms with E-state index in [1.165, 1.54) is 6.42 Å². The number of hydrogen-bond acceptors (Lipinski definition) is 5. The van der Waals surface area contributed by atoms with Gasteiger partial charge in [0.25, 0.3) is 0 Å². The molecule has 0 saturated heterocycles. The zero-order valence-electron chi connectivity index (χ0n) is 26.7. The first-order valence-electron chi connectivity index (χ1n) is 15.4. The standard InChI is InChI=1S/C35H51N3O4S/c1-7-9-10-11-12-16-23-38(33(40)30(22-24-43-6)37-34(41)42-35(3,4)5)31(29-21-17-20-27(8-2)25-29)32(39)36-26-28-18-14-13-15-19-28/h8,13-15,17-21,25,30-31H,2,7,9-12,16,22-24,26H2,1,3-6H3,(H,36,39)(H,37,41). The van der Waals surface area contributed by atoms with Gasteiger partial charge in [-0.2, -0.15) is 11.8 Å². The summed E-state index contributed by atoms with van der Waals surface area (Å²) in [7, 11) is 0. The van der Waals surface area contributed by atoms with Crippen LogP contribution in [0.2, 0.25) is 0 Å². The maximum atomic E-state index is 14.4. The van der Waals surface area contributed by atoms with Gasteiger partial charge in [0.05, 0.1) is 0 Å². The summed E-state index contributed by atoms with van der Waals surface area (Å²) in [5.41, 5.74) is 1.81. The predicted molar refractivity (Wildman–Crippen MR) is 179 cm³/mol. The number of nitrogens with zero attached hydrogens (tertiary/aromatic N) is 1. The highest BCUT2D eigenvalue weighted by atomic mass is 32.2. The number of alkyl carbamates (subject to hydrolysis) is 1. The van der Waals surface area contributed by atoms with E-state index in [1.54, 1.807) is 43.5 Å². The Morgan fingerprint density at radius 1 is 1.00 bits per heavy atom. The Morgan fingerprint density at radius 2 is 1.70 bits per heavy atom. The van der Waals surface area contributed by atoms with Gasteiger partial charge in [0, 0.05) is 13.1 Å². The molecule has 2 N–H and O–H groups in total. The Bertz CT molecular complexity index is 1150. The van der Waals surface area contributed by atoms with Crippen LogP contribution in [0.3, 0.4) is 0 Å². The van der Waals surface area contributed by atoms with Crippen LogP contribution in [0.15, 0.2) is 61.2 Å². The number of thioether (sulfide) groups is 1. The monoisotopic (exact) mass is 609 g/mol. The van der Waals surface area contributed by atoms with Crippen LogP contribution in [-0.2, 0) is 20.9 Å². The number of carbonyl (C=O) groups is 3. The molecule has 0 aliphatic heterocycles. The molecule has 2 aromatic carbocycles. The summed E-state index contributed by atoms with van der Waals surface area (Å²) in [6, 6.07) is 15.5. The Labute approximate surface area is 263 Å². The van der Waals surface area contributed by atoms with E-state index in [1.807, 2.05) is 60.9 Å². The normalized spacial score (nSPS) is 12.6. The first-order chi connectivity index (χ1) is 20.6. The van der Waals surface area contributed by atoms with Crippen molar-refractivity contribution in [3.8, 4) is 0 Å². The van der Waals surface area contributed by atoms with Crippen LogP contribution in [0.5, 0.6) is 0 Å². The molecule has 0 aliphatic rings. The van der Waals surface area contributed by atoms with Crippen molar-refractivity contribution in [2.75, 3.05) is 18.6 Å². The van der Waals surface area contributed by atoms with Gasteiger partial charge in [-0.25, -0.2) is 4.79 Å². The topological polar surface area (TPSA) is 87.7 Å². The van der Waals surface area contributed by atoms with Gasteiger partial charge in [0.15, 0.2) is 0 Å². The molecule has 2 atom stereocenters. The SMILES string of the molecule is C=Cc1cccc(C(C(=O)NCc2ccccc2)N(CCCCCCCC)C(=O)C(CCSC)NC(=O)OC(C)(C)C)c1. The highest BCUT2D eigenvalue weighted by Crippen LogP contribution is 2.26. The second-order valence-corrected chi connectivity index (χ2v) is 12.7. The number of benzene rings is 2. The van der Waals surface area contributed by atoms with Crippen molar-refractivity contribution in [2.45, 2.75) is 96.9 Å². The molecule has 7 nitrogen and oxygen atoms in total. The fraction of sp³-hybridized carbons (Fsp3) is 0.514. The summed E-state index contributed by atoms with van der Waals surface area (Å²) < 4.78 is 5.51. The summed E-state index contributed by atoms with van der Waals surface area (Å²) in [6.45, 7) is 12.2. The van der Waals surface area contributed by atoms with Gasteiger partial charge >= 0.3 is 6.09 Å². The van der Waals surface area contributed by atoms with Crippen molar-refractivity contribution in [3.05, 3.63) is 77.9 Å². The molecule has 2 rings (SSSR count). The van der Waals surface area contributed by atoms with E-state index in [9.17, 15) is 14.4 Å². The van der Waals surface area contributed by atoms with Crippen LogP contribution < -0.4 is 10.6 Å². The van der Waals surface area contributed by atoms with Gasteiger partial charge in [0.1, 0.15) is 17.7 Å². The van der Waals surface area contributed by atoms with E-state index >= 15 is 0 Å². The minimum atomic E-state index is -0.885. The lowest BCUT2D eigenvalue weighted by Gasteiger charge is -2.35. The summed E-state index contributed by atoms with van der Waals surface area (Å²) >= 11 is 1.60. The number of rotatable bonds is 18. The van der Waals surface area contributed by atoms with Crippen molar-refractivity contribution in [1.29, 1.82) is 0 Å². The van der Waals surface area contributed by atoms with E-state index in [0.29, 0.717) is 30.8 Å². The predicted octanol–water partition coefficient (Wildman–Crippen LogP) is 7.52. The third kappa shape index (κ3) is 13.3. The van der Waals surface area contributed by atoms with Gasteiger partial charge in [-0.3, -0.25) is 9.59 Å². The van der Waals surface area contributed by atoms with Gasteiger partial charge in [-0.1, -0.05) is 100 Å². The van der Waals surface area contributed by atoms with Crippen molar-refractivity contribution in [3.63, 3.8) is 0 Å². The number of ether oxygens (including phenoxy) is 1. The molecule has 0 spiro atoms. The molecular formula is C35H51N3O4S. The zero-order chi connectivity index (χ0) is 31.7. The van der Waals surface area contributed by atoms with Crippen LogP contribution in [0.1, 0.15) is 95.4 Å². The molecule has 8 heteroatoms. The second-order valence-electron chi connectivity index (χ2n) is 11.8. The maximum Gasteiger partial charge on any atom is 0.408 e. The largest absolute Gasteiger partial charge is 0.444 e. The van der Waals surface area contributed by atoms with Crippen LogP contribution in [0.4, 0.5) is 4.79 Å². The highest BCUT2D eigenvalue weighted by Gasteiger charge is 2.36. The van der Waals surface area contributed by atoms with E-state index in [4.69, 9.17) is 4.74 Å². The molecule has 0 heterocycles. The molecule has 236 valence electrons. The maximum absolute atomic E-state index is 14.4. The first kappa shape index (κ1) is 35.9. The highest BCUT2D eigenvalue weighted by molar-refractivity contribution is 7.98. The fourth-order valence-corrected chi connectivity index (χ4v) is 5.25. The van der Waals surface area contributed by atoms with E-state index < -0.39 is 23.8 Å². The van der Waals surface area contributed by atoms with Crippen LogP contribution in [0.25, 0.3) is 6.08 Å². The third-order valence-corrected chi connectivity index (χ3v) is 7.61. The molecule has 0 bridgehead atoms. The minimum absolute atomic E-state index is 0.273. The van der Waals surface area contributed by atoms with E-state index in [0.717, 1.165) is 43.2 Å². The number of carbonyl (C=O) groups excluding carboxylic acids is 3. The number of nitrogens with one attached hydrogen (secondary N) is 2. The van der Waals surface area contributed by atoms with Crippen LogP contribution in [0, 0.1) is 0 Å². The lowest BCUT2D eigenvalue weighted by Crippen LogP contribution is -2.53. The van der Waals surface area contributed by atoms with Crippen molar-refractivity contribution >= 4 is 35.7 Å². The molecule has 2 unspecified atom stereocenters. The lowest BCUT2D eigenvalue weighted by atomic mass is 9.99. The molecule has 2 aromatic rings. The molecule has 43 heavy (non-hydrogen) atoms. The average Bonchev–Trinajstić information content (AvgIpc) is 2.98. The van der Waals surface area contributed by atoms with Gasteiger partial charge in [0.2, 0.25) is 11.8 Å². The fourth-order valence-electron chi connectivity index (χ4n) is 4.78. The van der Waals surface area contributed by atoms with Crippen molar-refractivity contribution in [1.82, 2.24) is 15.5 Å². The third-order valence-electron chi connectivity index (χ3n) is 6.97. The van der Waals surface area contributed by atoms with Gasteiger partial charge in [-0.15, -0.1) is 0 Å². The summed E-state index contributed by atoms with van der Waals surface area (Å²) in [5, 5.41) is 5.89. The summed E-state index contributed by atoms with van der Waals surface area (Å²) in [6.07, 6.45) is 9.70. The minimum Gasteiger partial charge on any atom is -0.444 e. The first-order valence-corrected chi connectivity index (χ1v) is 16.8. The molecule has 0 fully saturated rings. The number of hydrogen-bond donors (Lipinski definition) is 2. The second kappa shape index (κ2) is 19.1. The molecule has 0 radical (unpaired) electrons. The molecule has 3 amide bonds. The summed E-state index contributed by atoms with van der Waals surface area (Å²) in [4.78, 5) is 42.9. The quantitative estimate of drug-likeness (QED) is 0.171. The smallest absolute Gasteiger partial charge is 0.408 e. The molecule has 0 aromatic heterocycles. The van der Waals surface area contributed by atoms with Crippen LogP contribution >= 0.6 is 11.8 Å². The van der Waals surface area contributed by atoms with Crippen molar-refractivity contribution in [2.24, 2.45) is 0 Å². The average molecular weight is 610 g/mol. The summed E-state index contributed by atoms with van der Waals surface area (Å²) in [5.74, 6) is 0.0936. The van der Waals surface area contributed by atoms with E-state index in [-0.39, 0.29) is 11.8 Å². The Kier molecular flexibility index (Phi) is 16.0. The Balaban J connectivity index is 2.47. The van der Waals surface area contributed by atoms with Gasteiger partial charge < -0.3 is 20.3 Å². The zero-order valence-corrected chi connectivity index (χ0v) is 27.5. The molecule has 0 saturated carbocycles. The Morgan fingerprint density at radius 3 is 2.35 bits per heavy atom. The van der Waals surface area contributed by atoms with Gasteiger partial charge in [-0.05, 0) is 68.4 Å². The lowest BCUT2D eigenvalue weighted by molar-refractivity contribution is -0.142. The van der Waals surface area contributed by atoms with E-state index in [2.05, 4.69) is 24.1 Å². The van der Waals surface area contributed by atoms with Crippen LogP contribution in [-0.4, -0.2) is 53.0 Å².